The van der Waals surface area contributed by atoms with Crippen LogP contribution in [-0.2, 0) is 29.7 Å². The highest BCUT2D eigenvalue weighted by atomic mass is 32.2. The molecule has 2 N–H and O–H groups in total. The normalized spacial score (nSPS) is 12.0. The molecule has 0 spiro atoms. The molecule has 1 aromatic carbocycles. The molecule has 3 rings (SSSR count). The Morgan fingerprint density at radius 2 is 1.81 bits per heavy atom. The van der Waals surface area contributed by atoms with Gasteiger partial charge in [-0.3, -0.25) is 18.5 Å². The maximum Gasteiger partial charge on any atom is 0.469 e. The second kappa shape index (κ2) is 7.45. The van der Waals surface area contributed by atoms with Crippen LogP contribution >= 0.6 is 19.6 Å². The first-order valence-corrected chi connectivity index (χ1v) is 10.1. The van der Waals surface area contributed by atoms with Gasteiger partial charge in [0.25, 0.3) is 5.56 Å². The van der Waals surface area contributed by atoms with Crippen LogP contribution in [0.2, 0.25) is 0 Å². The van der Waals surface area contributed by atoms with Crippen LogP contribution in [0.3, 0.4) is 0 Å². The number of hydrogen-bond acceptors (Lipinski definition) is 6. The molecule has 12 heteroatoms. The van der Waals surface area contributed by atoms with Crippen LogP contribution in [0.15, 0.2) is 50.0 Å². The van der Waals surface area contributed by atoms with Crippen molar-refractivity contribution in [2.24, 2.45) is 14.1 Å². The Morgan fingerprint density at radius 1 is 1.15 bits per heavy atom. The highest BCUT2D eigenvalue weighted by molar-refractivity contribution is 7.99. The van der Waals surface area contributed by atoms with Crippen LogP contribution < -0.4 is 11.2 Å². The molecule has 0 saturated heterocycles. The lowest BCUT2D eigenvalue weighted by Gasteiger charge is -2.09. The van der Waals surface area contributed by atoms with Crippen molar-refractivity contribution in [1.82, 2.24) is 18.7 Å². The molecule has 2 aromatic heterocycles. The summed E-state index contributed by atoms with van der Waals surface area (Å²) in [4.78, 5) is 48.1. The van der Waals surface area contributed by atoms with Gasteiger partial charge in [0.1, 0.15) is 0 Å². The van der Waals surface area contributed by atoms with E-state index in [9.17, 15) is 14.2 Å². The first-order valence-electron chi connectivity index (χ1n) is 7.78. The standard InChI is InChI=1S/C15H17N4O6PS/c1-17-11-12(16-14(17)27-10-6-4-3-5-7-10)18(2)15(21)19(13(11)20)8-9-25-26(22,23)24/h3-7H,8-9H2,1-2H3,(H2,22,23,24). The number of fused-ring (bicyclic) bond motifs is 1. The number of hydrogen-bond donors (Lipinski definition) is 2. The van der Waals surface area contributed by atoms with E-state index >= 15 is 0 Å². The summed E-state index contributed by atoms with van der Waals surface area (Å²) in [5, 5.41) is 0.535. The average molecular weight is 412 g/mol. The highest BCUT2D eigenvalue weighted by Gasteiger charge is 2.20. The zero-order valence-electron chi connectivity index (χ0n) is 14.5. The number of aryl methyl sites for hydroxylation is 2. The van der Waals surface area contributed by atoms with E-state index in [1.165, 1.54) is 23.4 Å². The van der Waals surface area contributed by atoms with Gasteiger partial charge in [-0.05, 0) is 12.1 Å². The molecule has 0 fully saturated rings. The lowest BCUT2D eigenvalue weighted by atomic mass is 10.4. The van der Waals surface area contributed by atoms with Crippen molar-refractivity contribution < 1.29 is 18.9 Å². The molecule has 0 aliphatic heterocycles. The molecule has 0 bridgehead atoms. The van der Waals surface area contributed by atoms with E-state index in [4.69, 9.17) is 9.79 Å². The van der Waals surface area contributed by atoms with Crippen LogP contribution in [0, 0.1) is 0 Å². The van der Waals surface area contributed by atoms with Crippen molar-refractivity contribution in [2.45, 2.75) is 16.6 Å². The van der Waals surface area contributed by atoms with E-state index in [2.05, 4.69) is 9.51 Å². The van der Waals surface area contributed by atoms with Crippen molar-refractivity contribution in [3.63, 3.8) is 0 Å². The molecule has 0 aliphatic carbocycles. The minimum atomic E-state index is -4.68. The predicted octanol–water partition coefficient (Wildman–Crippen LogP) is 0.694. The van der Waals surface area contributed by atoms with E-state index in [1.54, 1.807) is 11.6 Å². The van der Waals surface area contributed by atoms with Crippen molar-refractivity contribution in [3.8, 4) is 0 Å². The summed E-state index contributed by atoms with van der Waals surface area (Å²) in [5.41, 5.74) is -0.793. The maximum atomic E-state index is 12.8. The molecule has 144 valence electrons. The van der Waals surface area contributed by atoms with Crippen LogP contribution in [0.25, 0.3) is 11.2 Å². The van der Waals surface area contributed by atoms with Gasteiger partial charge in [0, 0.05) is 19.0 Å². The molecule has 27 heavy (non-hydrogen) atoms. The molecule has 2 heterocycles. The largest absolute Gasteiger partial charge is 0.469 e. The summed E-state index contributed by atoms with van der Waals surface area (Å²) in [6.07, 6.45) is 0. The van der Waals surface area contributed by atoms with E-state index in [1.807, 2.05) is 30.3 Å². The lowest BCUT2D eigenvalue weighted by Crippen LogP contribution is -2.40. The Kier molecular flexibility index (Phi) is 5.41. The quantitative estimate of drug-likeness (QED) is 0.566. The Morgan fingerprint density at radius 3 is 2.44 bits per heavy atom. The number of imidazole rings is 1. The van der Waals surface area contributed by atoms with Gasteiger partial charge < -0.3 is 14.4 Å². The average Bonchev–Trinajstić information content (AvgIpc) is 2.93. The van der Waals surface area contributed by atoms with Crippen molar-refractivity contribution in [1.29, 1.82) is 0 Å². The van der Waals surface area contributed by atoms with Gasteiger partial charge in [0.2, 0.25) is 0 Å². The van der Waals surface area contributed by atoms with E-state index < -0.39 is 25.7 Å². The van der Waals surface area contributed by atoms with E-state index in [0.717, 1.165) is 9.46 Å². The second-order valence-corrected chi connectivity index (χ2v) is 7.94. The summed E-state index contributed by atoms with van der Waals surface area (Å²) in [5.74, 6) is 0. The van der Waals surface area contributed by atoms with Crippen molar-refractivity contribution in [3.05, 3.63) is 51.2 Å². The highest BCUT2D eigenvalue weighted by Crippen LogP contribution is 2.35. The van der Waals surface area contributed by atoms with E-state index in [-0.39, 0.29) is 17.7 Å². The Bertz CT molecular complexity index is 1150. The molecule has 0 aliphatic rings. The van der Waals surface area contributed by atoms with Gasteiger partial charge in [0.05, 0.1) is 13.2 Å². The topological polar surface area (TPSA) is 129 Å². The van der Waals surface area contributed by atoms with Crippen molar-refractivity contribution in [2.75, 3.05) is 6.61 Å². The predicted molar refractivity (Wildman–Crippen MR) is 98.8 cm³/mol. The summed E-state index contributed by atoms with van der Waals surface area (Å²) < 4.78 is 18.8. The fourth-order valence-electron chi connectivity index (χ4n) is 2.56. The summed E-state index contributed by atoms with van der Waals surface area (Å²) in [6, 6.07) is 9.46. The summed E-state index contributed by atoms with van der Waals surface area (Å²) in [7, 11) is -1.53. The zero-order valence-corrected chi connectivity index (χ0v) is 16.2. The molecule has 0 saturated carbocycles. The first kappa shape index (κ1) is 19.6. The number of phosphoric acid groups is 1. The van der Waals surface area contributed by atoms with Gasteiger partial charge in [0.15, 0.2) is 16.3 Å². The summed E-state index contributed by atoms with van der Waals surface area (Å²) >= 11 is 1.35. The monoisotopic (exact) mass is 412 g/mol. The van der Waals surface area contributed by atoms with Gasteiger partial charge in [-0.15, -0.1) is 0 Å². The van der Waals surface area contributed by atoms with Crippen LogP contribution in [0.1, 0.15) is 0 Å². The molecule has 0 unspecified atom stereocenters. The smallest absolute Gasteiger partial charge is 0.316 e. The Hall–Kier alpha value is -2.17. The minimum absolute atomic E-state index is 0.215. The number of aromatic nitrogens is 4. The molecule has 0 atom stereocenters. The maximum absolute atomic E-state index is 12.8. The van der Waals surface area contributed by atoms with Crippen LogP contribution in [-0.4, -0.2) is 35.1 Å². The molecule has 0 amide bonds. The van der Waals surface area contributed by atoms with Gasteiger partial charge >= 0.3 is 13.5 Å². The molecule has 10 nitrogen and oxygen atoms in total. The van der Waals surface area contributed by atoms with Crippen molar-refractivity contribution >= 4 is 30.7 Å². The SMILES string of the molecule is Cn1c(Sc2ccccc2)nc2c1c(=O)n(CCOP(=O)(O)O)c(=O)n2C. The number of benzene rings is 1. The van der Waals surface area contributed by atoms with E-state index in [0.29, 0.717) is 5.16 Å². The number of phosphoric ester groups is 1. The van der Waals surface area contributed by atoms with Gasteiger partial charge in [-0.2, -0.15) is 0 Å². The summed E-state index contributed by atoms with van der Waals surface area (Å²) in [6.45, 7) is -0.771. The molecular formula is C15H17N4O6PS. The Labute approximate surface area is 157 Å². The zero-order chi connectivity index (χ0) is 19.8. The van der Waals surface area contributed by atoms with Gasteiger partial charge in [-0.25, -0.2) is 14.3 Å². The number of nitrogens with zero attached hydrogens (tertiary/aromatic N) is 4. The second-order valence-electron chi connectivity index (χ2n) is 5.66. The molecular weight excluding hydrogens is 395 g/mol. The fraction of sp³-hybridized carbons (Fsp3) is 0.267. The van der Waals surface area contributed by atoms with Crippen LogP contribution in [0.4, 0.5) is 0 Å². The van der Waals surface area contributed by atoms with Gasteiger partial charge in [-0.1, -0.05) is 30.0 Å². The lowest BCUT2D eigenvalue weighted by molar-refractivity contribution is 0.188. The molecule has 0 radical (unpaired) electrons. The minimum Gasteiger partial charge on any atom is -0.316 e. The van der Waals surface area contributed by atoms with Crippen LogP contribution in [0.5, 0.6) is 0 Å². The number of rotatable bonds is 6. The first-order chi connectivity index (χ1) is 12.7. The third-order valence-corrected chi connectivity index (χ3v) is 5.42. The third-order valence-electron chi connectivity index (χ3n) is 3.85. The molecule has 3 aromatic rings. The third kappa shape index (κ3) is 4.07. The Balaban J connectivity index is 2.05. The fourth-order valence-corrected chi connectivity index (χ4v) is 3.74.